The van der Waals surface area contributed by atoms with Crippen LogP contribution < -0.4 is 5.32 Å². The van der Waals surface area contributed by atoms with Crippen molar-refractivity contribution < 1.29 is 14.3 Å². The second-order valence-corrected chi connectivity index (χ2v) is 7.29. The minimum absolute atomic E-state index is 0.242. The van der Waals surface area contributed by atoms with Crippen LogP contribution in [-0.2, 0) is 12.3 Å². The lowest BCUT2D eigenvalue weighted by Crippen LogP contribution is -2.47. The number of likely N-dealkylation sites (tertiary alicyclic amines) is 1. The molecule has 4 rings (SSSR count). The average molecular weight is 382 g/mol. The van der Waals surface area contributed by atoms with Crippen LogP contribution in [0.5, 0.6) is 0 Å². The third-order valence-electron chi connectivity index (χ3n) is 5.66. The lowest BCUT2D eigenvalue weighted by Gasteiger charge is -2.39. The van der Waals surface area contributed by atoms with Crippen LogP contribution in [0.3, 0.4) is 0 Å². The number of alkyl halides is 1. The van der Waals surface area contributed by atoms with Crippen LogP contribution in [-0.4, -0.2) is 39.3 Å². The Bertz CT molecular complexity index is 1010. The van der Waals surface area contributed by atoms with E-state index in [9.17, 15) is 14.3 Å². The Labute approximate surface area is 162 Å². The van der Waals surface area contributed by atoms with E-state index in [1.807, 2.05) is 37.3 Å². The van der Waals surface area contributed by atoms with Gasteiger partial charge in [-0.1, -0.05) is 30.3 Å². The molecule has 1 saturated heterocycles. The van der Waals surface area contributed by atoms with Gasteiger partial charge in [0, 0.05) is 18.5 Å². The smallest absolute Gasteiger partial charge is 0.323 e. The predicted molar refractivity (Wildman–Crippen MR) is 106 cm³/mol. The first-order chi connectivity index (χ1) is 13.5. The molecule has 0 bridgehead atoms. The number of aromatic amines is 1. The zero-order chi connectivity index (χ0) is 19.7. The van der Waals surface area contributed by atoms with Crippen molar-refractivity contribution >= 4 is 22.8 Å². The van der Waals surface area contributed by atoms with Crippen molar-refractivity contribution in [1.82, 2.24) is 15.1 Å². The predicted octanol–water partition coefficient (Wildman–Crippen LogP) is 3.86. The molecule has 146 valence electrons. The number of hydrogen-bond donors (Lipinski definition) is 3. The molecule has 0 atom stereocenters. The van der Waals surface area contributed by atoms with Crippen LogP contribution in [0.25, 0.3) is 10.9 Å². The fourth-order valence-electron chi connectivity index (χ4n) is 3.92. The highest BCUT2D eigenvalue weighted by Gasteiger charge is 2.37. The molecule has 3 N–H and O–H groups in total. The molecule has 28 heavy (non-hydrogen) atoms. The summed E-state index contributed by atoms with van der Waals surface area (Å²) in [7, 11) is 0. The van der Waals surface area contributed by atoms with Crippen LogP contribution in [0.4, 0.5) is 15.0 Å². The number of rotatable bonds is 3. The highest BCUT2D eigenvalue weighted by atomic mass is 19.1. The Morgan fingerprint density at radius 3 is 2.75 bits per heavy atom. The second kappa shape index (κ2) is 7.24. The van der Waals surface area contributed by atoms with Crippen LogP contribution >= 0.6 is 0 Å². The van der Waals surface area contributed by atoms with Crippen molar-refractivity contribution in [1.29, 1.82) is 0 Å². The Morgan fingerprint density at radius 1 is 1.25 bits per heavy atom. The van der Waals surface area contributed by atoms with E-state index in [-0.39, 0.29) is 6.03 Å². The molecule has 6 nitrogen and oxygen atoms in total. The van der Waals surface area contributed by atoms with Crippen LogP contribution in [0.1, 0.15) is 29.5 Å². The van der Waals surface area contributed by atoms with E-state index >= 15 is 0 Å². The number of nitrogens with zero attached hydrogens (tertiary/aromatic N) is 2. The van der Waals surface area contributed by atoms with Gasteiger partial charge in [0.2, 0.25) is 0 Å². The number of para-hydroxylation sites is 1. The Kier molecular flexibility index (Phi) is 4.77. The number of piperidine rings is 1. The molecule has 2 aromatic carbocycles. The standard InChI is InChI=1S/C21H23FN4O2/c1-14-15(13-22)5-4-7-17(14)21(28)9-11-26(12-10-21)20(27)23-19-16-6-2-3-8-18(16)24-25-19/h2-8,28H,9-13H2,1H3,(H2,23,24,25,27). The summed E-state index contributed by atoms with van der Waals surface area (Å²) in [4.78, 5) is 14.3. The van der Waals surface area contributed by atoms with E-state index in [0.717, 1.165) is 22.0 Å². The molecule has 1 aliphatic heterocycles. The van der Waals surface area contributed by atoms with Crippen molar-refractivity contribution in [3.63, 3.8) is 0 Å². The molecule has 0 spiro atoms. The minimum Gasteiger partial charge on any atom is -0.385 e. The monoisotopic (exact) mass is 382 g/mol. The van der Waals surface area contributed by atoms with Gasteiger partial charge in [0.05, 0.1) is 11.1 Å². The minimum atomic E-state index is -1.05. The topological polar surface area (TPSA) is 81.2 Å². The van der Waals surface area contributed by atoms with Gasteiger partial charge in [-0.2, -0.15) is 5.10 Å². The van der Waals surface area contributed by atoms with E-state index in [4.69, 9.17) is 0 Å². The highest BCUT2D eigenvalue weighted by molar-refractivity contribution is 5.98. The van der Waals surface area contributed by atoms with Gasteiger partial charge >= 0.3 is 6.03 Å². The summed E-state index contributed by atoms with van der Waals surface area (Å²) in [6, 6.07) is 12.7. The summed E-state index contributed by atoms with van der Waals surface area (Å²) in [5, 5.41) is 21.9. The molecule has 0 saturated carbocycles. The normalized spacial score (nSPS) is 16.3. The molecular weight excluding hydrogens is 359 g/mol. The maximum Gasteiger partial charge on any atom is 0.323 e. The van der Waals surface area contributed by atoms with Crippen LogP contribution in [0.15, 0.2) is 42.5 Å². The average Bonchev–Trinajstić information content (AvgIpc) is 3.11. The number of fused-ring (bicyclic) bond motifs is 1. The molecule has 0 aliphatic carbocycles. The number of halogens is 1. The number of urea groups is 1. The molecule has 1 aliphatic rings. The number of nitrogens with one attached hydrogen (secondary N) is 2. The maximum atomic E-state index is 13.2. The van der Waals surface area contributed by atoms with E-state index in [2.05, 4.69) is 15.5 Å². The third kappa shape index (κ3) is 3.22. The van der Waals surface area contributed by atoms with Crippen molar-refractivity contribution in [3.05, 3.63) is 59.2 Å². The van der Waals surface area contributed by atoms with Gasteiger partial charge < -0.3 is 10.0 Å². The number of H-pyrrole nitrogens is 1. The number of aliphatic hydroxyl groups is 1. The first-order valence-corrected chi connectivity index (χ1v) is 9.38. The zero-order valence-corrected chi connectivity index (χ0v) is 15.7. The van der Waals surface area contributed by atoms with Crippen LogP contribution in [0, 0.1) is 6.92 Å². The fourth-order valence-corrected chi connectivity index (χ4v) is 3.92. The number of hydrogen-bond acceptors (Lipinski definition) is 3. The van der Waals surface area contributed by atoms with E-state index < -0.39 is 12.3 Å². The second-order valence-electron chi connectivity index (χ2n) is 7.29. The van der Waals surface area contributed by atoms with Gasteiger partial charge in [-0.25, -0.2) is 9.18 Å². The number of anilines is 1. The largest absolute Gasteiger partial charge is 0.385 e. The van der Waals surface area contributed by atoms with Crippen molar-refractivity contribution in [2.75, 3.05) is 18.4 Å². The number of benzene rings is 2. The number of aromatic nitrogens is 2. The molecule has 2 heterocycles. The first-order valence-electron chi connectivity index (χ1n) is 9.38. The van der Waals surface area contributed by atoms with Gasteiger partial charge in [-0.05, 0) is 48.6 Å². The molecule has 2 amide bonds. The first kappa shape index (κ1) is 18.4. The number of amides is 2. The van der Waals surface area contributed by atoms with Crippen molar-refractivity contribution in [2.24, 2.45) is 0 Å². The fraction of sp³-hybridized carbons (Fsp3) is 0.333. The van der Waals surface area contributed by atoms with Gasteiger partial charge in [0.25, 0.3) is 0 Å². The van der Waals surface area contributed by atoms with Crippen molar-refractivity contribution in [2.45, 2.75) is 32.0 Å². The van der Waals surface area contributed by atoms with Gasteiger partial charge in [0.15, 0.2) is 5.82 Å². The summed E-state index contributed by atoms with van der Waals surface area (Å²) < 4.78 is 13.2. The molecule has 7 heteroatoms. The quantitative estimate of drug-likeness (QED) is 0.643. The summed E-state index contributed by atoms with van der Waals surface area (Å²) >= 11 is 0. The SMILES string of the molecule is Cc1c(CF)cccc1C1(O)CCN(C(=O)Nc2n[nH]c3ccccc23)CC1. The van der Waals surface area contributed by atoms with E-state index in [1.54, 1.807) is 17.0 Å². The van der Waals surface area contributed by atoms with E-state index in [1.165, 1.54) is 0 Å². The highest BCUT2D eigenvalue weighted by Crippen LogP contribution is 2.36. The maximum absolute atomic E-state index is 13.2. The Morgan fingerprint density at radius 2 is 2.00 bits per heavy atom. The number of carbonyl (C=O) groups excluding carboxylic acids is 1. The lowest BCUT2D eigenvalue weighted by atomic mass is 9.81. The Balaban J connectivity index is 1.46. The van der Waals surface area contributed by atoms with Gasteiger partial charge in [-0.15, -0.1) is 0 Å². The molecule has 0 radical (unpaired) electrons. The lowest BCUT2D eigenvalue weighted by molar-refractivity contribution is -0.0162. The molecule has 0 unspecified atom stereocenters. The molecule has 3 aromatic rings. The number of carbonyl (C=O) groups is 1. The molecule has 1 fully saturated rings. The van der Waals surface area contributed by atoms with Gasteiger partial charge in [0.1, 0.15) is 6.67 Å². The third-order valence-corrected chi connectivity index (χ3v) is 5.66. The van der Waals surface area contributed by atoms with Crippen LogP contribution in [0.2, 0.25) is 0 Å². The summed E-state index contributed by atoms with van der Waals surface area (Å²) in [6.07, 6.45) is 0.802. The Hall–Kier alpha value is -2.93. The zero-order valence-electron chi connectivity index (χ0n) is 15.7. The molecule has 1 aromatic heterocycles. The van der Waals surface area contributed by atoms with Crippen molar-refractivity contribution in [3.8, 4) is 0 Å². The summed E-state index contributed by atoms with van der Waals surface area (Å²) in [5.41, 5.74) is 1.94. The summed E-state index contributed by atoms with van der Waals surface area (Å²) in [6.45, 7) is 2.10. The summed E-state index contributed by atoms with van der Waals surface area (Å²) in [5.74, 6) is 0.493. The molecular formula is C21H23FN4O2. The van der Waals surface area contributed by atoms with Gasteiger partial charge in [-0.3, -0.25) is 10.4 Å². The van der Waals surface area contributed by atoms with E-state index in [0.29, 0.717) is 37.3 Å².